The maximum atomic E-state index is 13.1. The molecule has 32 heavy (non-hydrogen) atoms. The summed E-state index contributed by atoms with van der Waals surface area (Å²) >= 11 is 0. The van der Waals surface area contributed by atoms with Crippen molar-refractivity contribution in [2.45, 2.75) is 42.9 Å². The highest BCUT2D eigenvalue weighted by Gasteiger charge is 2.39. The number of benzene rings is 1. The number of nitrogens with one attached hydrogen (secondary N) is 1. The van der Waals surface area contributed by atoms with Crippen molar-refractivity contribution < 1.29 is 35.5 Å². The molecule has 3 rings (SSSR count). The Bertz CT molecular complexity index is 1050. The Morgan fingerprint density at radius 2 is 1.94 bits per heavy atom. The van der Waals surface area contributed by atoms with Gasteiger partial charge in [0.15, 0.2) is 0 Å². The molecule has 174 valence electrons. The Morgan fingerprint density at radius 1 is 1.22 bits per heavy atom. The molecular weight excluding hydrogens is 454 g/mol. The van der Waals surface area contributed by atoms with Gasteiger partial charge < -0.3 is 10.1 Å². The number of ether oxygens (including phenoxy) is 1. The van der Waals surface area contributed by atoms with Gasteiger partial charge in [-0.25, -0.2) is 17.8 Å². The van der Waals surface area contributed by atoms with Crippen molar-refractivity contribution in [2.24, 2.45) is 0 Å². The Morgan fingerprint density at radius 3 is 2.62 bits per heavy atom. The molecule has 7 nitrogen and oxygen atoms in total. The van der Waals surface area contributed by atoms with Crippen LogP contribution in [-0.2, 0) is 21.4 Å². The number of alkyl halides is 3. The molecule has 0 bridgehead atoms. The quantitative estimate of drug-likeness (QED) is 0.593. The minimum Gasteiger partial charge on any atom is -0.477 e. The summed E-state index contributed by atoms with van der Waals surface area (Å²) in [6, 6.07) is 6.40. The van der Waals surface area contributed by atoms with E-state index in [0.29, 0.717) is 18.4 Å². The summed E-state index contributed by atoms with van der Waals surface area (Å²) in [5.74, 6) is -1.09. The Balaban J connectivity index is 1.61. The minimum absolute atomic E-state index is 0.0117. The van der Waals surface area contributed by atoms with E-state index in [2.05, 4.69) is 10.3 Å². The van der Waals surface area contributed by atoms with Crippen LogP contribution in [-0.4, -0.2) is 49.0 Å². The van der Waals surface area contributed by atoms with E-state index in [-0.39, 0.29) is 23.9 Å². The van der Waals surface area contributed by atoms with Gasteiger partial charge in [0.05, 0.1) is 17.9 Å². The van der Waals surface area contributed by atoms with Crippen LogP contribution in [0.25, 0.3) is 0 Å². The van der Waals surface area contributed by atoms with Crippen molar-refractivity contribution >= 4 is 15.9 Å². The van der Waals surface area contributed by atoms with Gasteiger partial charge in [-0.1, -0.05) is 0 Å². The van der Waals surface area contributed by atoms with E-state index in [0.717, 1.165) is 28.6 Å². The number of nitrogens with zero attached hydrogens (tertiary/aromatic N) is 2. The van der Waals surface area contributed by atoms with Gasteiger partial charge >= 0.3 is 6.18 Å². The minimum atomic E-state index is -4.34. The molecular formula is C20H21F4N3O4S. The zero-order valence-corrected chi connectivity index (χ0v) is 17.6. The van der Waals surface area contributed by atoms with Crippen molar-refractivity contribution in [1.29, 1.82) is 0 Å². The van der Waals surface area contributed by atoms with E-state index in [4.69, 9.17) is 4.74 Å². The second kappa shape index (κ2) is 9.82. The molecule has 0 radical (unpaired) electrons. The monoisotopic (exact) mass is 475 g/mol. The molecule has 1 atom stereocenters. The summed E-state index contributed by atoms with van der Waals surface area (Å²) in [6.45, 7) is -0.410. The summed E-state index contributed by atoms with van der Waals surface area (Å²) in [4.78, 5) is 16.4. The molecule has 1 N–H and O–H groups in total. The van der Waals surface area contributed by atoms with E-state index in [1.54, 1.807) is 6.07 Å². The third-order valence-corrected chi connectivity index (χ3v) is 6.75. The third-order valence-electron chi connectivity index (χ3n) is 4.83. The van der Waals surface area contributed by atoms with Crippen LogP contribution in [0.2, 0.25) is 0 Å². The molecule has 1 aromatic heterocycles. The van der Waals surface area contributed by atoms with E-state index in [1.807, 2.05) is 0 Å². The first-order valence-corrected chi connectivity index (χ1v) is 11.2. The fraction of sp³-hybridized carbons (Fsp3) is 0.400. The fourth-order valence-corrected chi connectivity index (χ4v) is 4.91. The zero-order chi connectivity index (χ0) is 23.4. The molecule has 1 saturated heterocycles. The number of rotatable bonds is 8. The highest BCUT2D eigenvalue weighted by atomic mass is 32.2. The SMILES string of the molecule is O=C(NCc1ccnc(OCCC(F)(F)F)c1)[C@@H]1CCCN1S(=O)(=O)c1ccc(F)cc1. The first kappa shape index (κ1) is 23.9. The molecule has 1 aliphatic heterocycles. The molecule has 0 aliphatic carbocycles. The number of hydrogen-bond donors (Lipinski definition) is 1. The van der Waals surface area contributed by atoms with Gasteiger partial charge in [-0.2, -0.15) is 17.5 Å². The highest BCUT2D eigenvalue weighted by molar-refractivity contribution is 7.89. The normalized spacial score (nSPS) is 17.3. The predicted octanol–water partition coefficient (Wildman–Crippen LogP) is 3.02. The van der Waals surface area contributed by atoms with E-state index in [9.17, 15) is 30.8 Å². The van der Waals surface area contributed by atoms with Crippen molar-refractivity contribution in [3.63, 3.8) is 0 Å². The van der Waals surface area contributed by atoms with Crippen LogP contribution in [0.15, 0.2) is 47.5 Å². The van der Waals surface area contributed by atoms with Crippen molar-refractivity contribution in [2.75, 3.05) is 13.2 Å². The van der Waals surface area contributed by atoms with Crippen LogP contribution in [0.4, 0.5) is 17.6 Å². The maximum absolute atomic E-state index is 13.1. The van der Waals surface area contributed by atoms with E-state index < -0.39 is 47.0 Å². The Labute approximate surface area is 182 Å². The molecule has 1 amide bonds. The molecule has 2 heterocycles. The Kier molecular flexibility index (Phi) is 7.34. The van der Waals surface area contributed by atoms with Gasteiger partial charge in [0, 0.05) is 25.4 Å². The number of sulfonamides is 1. The standard InChI is InChI=1S/C20H21F4N3O4S/c21-15-3-5-16(6-4-15)32(29,30)27-10-1-2-17(27)19(28)26-13-14-7-9-25-18(12-14)31-11-8-20(22,23)24/h3-7,9,12,17H,1-2,8,10-11,13H2,(H,26,28)/t17-/m0/s1. The lowest BCUT2D eigenvalue weighted by molar-refractivity contribution is -0.139. The van der Waals surface area contributed by atoms with Gasteiger partial charge in [-0.3, -0.25) is 4.79 Å². The maximum Gasteiger partial charge on any atom is 0.392 e. The van der Waals surface area contributed by atoms with E-state index in [1.165, 1.54) is 12.3 Å². The summed E-state index contributed by atoms with van der Waals surface area (Å²) in [6.07, 6.45) is -3.30. The van der Waals surface area contributed by atoms with Crippen LogP contribution < -0.4 is 10.1 Å². The first-order chi connectivity index (χ1) is 15.1. The average molecular weight is 475 g/mol. The second-order valence-electron chi connectivity index (χ2n) is 7.16. The van der Waals surface area contributed by atoms with Crippen LogP contribution in [0.1, 0.15) is 24.8 Å². The van der Waals surface area contributed by atoms with Gasteiger partial charge in [0.25, 0.3) is 0 Å². The molecule has 12 heteroatoms. The summed E-state index contributed by atoms with van der Waals surface area (Å²) in [7, 11) is -3.98. The number of carbonyl (C=O) groups is 1. The molecule has 1 aliphatic rings. The smallest absolute Gasteiger partial charge is 0.392 e. The van der Waals surface area contributed by atoms with Crippen molar-refractivity contribution in [1.82, 2.24) is 14.6 Å². The summed E-state index contributed by atoms with van der Waals surface area (Å²) in [5.41, 5.74) is 0.529. The third kappa shape index (κ3) is 6.16. The largest absolute Gasteiger partial charge is 0.477 e. The highest BCUT2D eigenvalue weighted by Crippen LogP contribution is 2.26. The average Bonchev–Trinajstić information content (AvgIpc) is 3.23. The van der Waals surface area contributed by atoms with E-state index >= 15 is 0 Å². The molecule has 2 aromatic rings. The van der Waals surface area contributed by atoms with Crippen molar-refractivity contribution in [3.05, 3.63) is 54.0 Å². The topological polar surface area (TPSA) is 88.6 Å². The lowest BCUT2D eigenvalue weighted by Crippen LogP contribution is -2.45. The van der Waals surface area contributed by atoms with Crippen LogP contribution in [0.3, 0.4) is 0 Å². The van der Waals surface area contributed by atoms with Gasteiger partial charge in [0.2, 0.25) is 21.8 Å². The lowest BCUT2D eigenvalue weighted by atomic mass is 10.2. The lowest BCUT2D eigenvalue weighted by Gasteiger charge is -2.23. The van der Waals surface area contributed by atoms with Crippen LogP contribution in [0.5, 0.6) is 5.88 Å². The fourth-order valence-electron chi connectivity index (χ4n) is 3.25. The first-order valence-electron chi connectivity index (χ1n) is 9.76. The van der Waals surface area contributed by atoms with Crippen molar-refractivity contribution in [3.8, 4) is 5.88 Å². The number of aromatic nitrogens is 1. The molecule has 1 aromatic carbocycles. The van der Waals surface area contributed by atoms with Gasteiger partial charge in [-0.15, -0.1) is 0 Å². The molecule has 0 unspecified atom stereocenters. The predicted molar refractivity (Wildman–Crippen MR) is 106 cm³/mol. The zero-order valence-electron chi connectivity index (χ0n) is 16.8. The number of hydrogen-bond acceptors (Lipinski definition) is 5. The van der Waals surface area contributed by atoms with Crippen LogP contribution >= 0.6 is 0 Å². The Hall–Kier alpha value is -2.73. The number of pyridine rings is 1. The van der Waals surface area contributed by atoms with Crippen LogP contribution in [0, 0.1) is 5.82 Å². The summed E-state index contributed by atoms with van der Waals surface area (Å²) in [5, 5.41) is 2.64. The number of carbonyl (C=O) groups excluding carboxylic acids is 1. The molecule has 0 spiro atoms. The van der Waals surface area contributed by atoms with Gasteiger partial charge in [0.1, 0.15) is 11.9 Å². The van der Waals surface area contributed by atoms with Gasteiger partial charge in [-0.05, 0) is 48.7 Å². The molecule has 0 saturated carbocycles. The summed E-state index contributed by atoms with van der Waals surface area (Å²) < 4.78 is 81.6. The number of halogens is 4. The number of amides is 1. The second-order valence-corrected chi connectivity index (χ2v) is 9.05. The molecule has 1 fully saturated rings.